The van der Waals surface area contributed by atoms with Crippen molar-refractivity contribution in [3.05, 3.63) is 35.4 Å². The predicted molar refractivity (Wildman–Crippen MR) is 113 cm³/mol. The summed E-state index contributed by atoms with van der Waals surface area (Å²) in [6.07, 6.45) is 4.66. The minimum atomic E-state index is -0.877. The molecule has 2 heterocycles. The summed E-state index contributed by atoms with van der Waals surface area (Å²) in [6, 6.07) is 7.35. The number of carboxylic acids is 1. The van der Waals surface area contributed by atoms with Gasteiger partial charge in [0, 0.05) is 44.0 Å². The topological polar surface area (TPSA) is 125 Å². The third-order valence-electron chi connectivity index (χ3n) is 6.49. The maximum atomic E-state index is 13.4. The van der Waals surface area contributed by atoms with Gasteiger partial charge in [-0.25, -0.2) is 0 Å². The molecule has 1 amide bonds. The monoisotopic (exact) mass is 414 g/mol. The van der Waals surface area contributed by atoms with Crippen LogP contribution in [-0.4, -0.2) is 60.1 Å². The zero-order chi connectivity index (χ0) is 21.6. The minimum Gasteiger partial charge on any atom is -0.481 e. The highest BCUT2D eigenvalue weighted by Crippen LogP contribution is 2.45. The van der Waals surface area contributed by atoms with Crippen molar-refractivity contribution in [2.24, 2.45) is 22.3 Å². The number of nitrogens with zero attached hydrogens (tertiary/aromatic N) is 2. The van der Waals surface area contributed by atoms with Gasteiger partial charge in [0.15, 0.2) is 5.78 Å². The maximum Gasteiger partial charge on any atom is 0.303 e. The number of rotatable bonds is 7. The molecule has 2 aliphatic heterocycles. The summed E-state index contributed by atoms with van der Waals surface area (Å²) in [7, 11) is 0. The van der Waals surface area contributed by atoms with Crippen molar-refractivity contribution in [3.63, 3.8) is 0 Å². The molecule has 4 N–H and O–H groups in total. The van der Waals surface area contributed by atoms with E-state index in [-0.39, 0.29) is 35.9 Å². The summed E-state index contributed by atoms with van der Waals surface area (Å²) in [5.41, 5.74) is 1.34. The molecule has 0 radical (unpaired) electrons. The normalized spacial score (nSPS) is 21.1. The average Bonchev–Trinajstić information content (AvgIpc) is 2.74. The van der Waals surface area contributed by atoms with E-state index in [2.05, 4.69) is 10.4 Å². The Morgan fingerprint density at radius 1 is 1.23 bits per heavy atom. The summed E-state index contributed by atoms with van der Waals surface area (Å²) >= 11 is 0. The molecule has 8 nitrogen and oxygen atoms in total. The fourth-order valence-electron chi connectivity index (χ4n) is 4.75. The van der Waals surface area contributed by atoms with Gasteiger partial charge in [-0.15, -0.1) is 0 Å². The summed E-state index contributed by atoms with van der Waals surface area (Å²) < 4.78 is 0. The second kappa shape index (κ2) is 9.84. The van der Waals surface area contributed by atoms with Crippen LogP contribution in [-0.2, 0) is 9.59 Å². The number of piperidine rings is 2. The van der Waals surface area contributed by atoms with Gasteiger partial charge in [-0.05, 0) is 49.3 Å². The molecule has 2 fully saturated rings. The number of carbonyl (C=O) groups excluding carboxylic acids is 2. The lowest BCUT2D eigenvalue weighted by atomic mass is 9.62. The SMILES string of the molecule is N/N=C/c1cccc(C(=O)C2CNCCC23CCN(C(=O)CCCC(=O)O)CC3)c1. The molecule has 3 rings (SSSR count). The van der Waals surface area contributed by atoms with Crippen LogP contribution in [0.25, 0.3) is 0 Å². The predicted octanol–water partition coefficient (Wildman–Crippen LogP) is 1.64. The van der Waals surface area contributed by atoms with E-state index in [1.54, 1.807) is 0 Å². The molecular weight excluding hydrogens is 384 g/mol. The largest absolute Gasteiger partial charge is 0.481 e. The molecule has 30 heavy (non-hydrogen) atoms. The molecule has 1 aromatic carbocycles. The second-order valence-corrected chi connectivity index (χ2v) is 8.27. The number of hydrogen-bond acceptors (Lipinski definition) is 6. The first-order valence-electron chi connectivity index (χ1n) is 10.5. The average molecular weight is 415 g/mol. The molecule has 2 aliphatic rings. The Morgan fingerprint density at radius 2 is 2.00 bits per heavy atom. The van der Waals surface area contributed by atoms with E-state index in [4.69, 9.17) is 10.9 Å². The molecule has 0 bridgehead atoms. The summed E-state index contributed by atoms with van der Waals surface area (Å²) in [4.78, 5) is 38.3. The molecule has 1 spiro atoms. The van der Waals surface area contributed by atoms with E-state index >= 15 is 0 Å². The van der Waals surface area contributed by atoms with E-state index < -0.39 is 5.97 Å². The van der Waals surface area contributed by atoms with Gasteiger partial charge < -0.3 is 21.2 Å². The van der Waals surface area contributed by atoms with Gasteiger partial charge in [-0.2, -0.15) is 5.10 Å². The van der Waals surface area contributed by atoms with Gasteiger partial charge in [-0.3, -0.25) is 14.4 Å². The van der Waals surface area contributed by atoms with Crippen molar-refractivity contribution >= 4 is 23.9 Å². The number of hydrogen-bond donors (Lipinski definition) is 3. The van der Waals surface area contributed by atoms with Crippen LogP contribution in [0.4, 0.5) is 0 Å². The highest BCUT2D eigenvalue weighted by molar-refractivity contribution is 6.00. The Bertz CT molecular complexity index is 815. The number of Topliss-reactive ketones (excluding diaryl/α,β-unsaturated/α-hetero) is 1. The van der Waals surface area contributed by atoms with Crippen molar-refractivity contribution in [2.75, 3.05) is 26.2 Å². The van der Waals surface area contributed by atoms with Crippen molar-refractivity contribution < 1.29 is 19.5 Å². The number of aliphatic carboxylic acids is 1. The zero-order valence-electron chi connectivity index (χ0n) is 17.2. The highest BCUT2D eigenvalue weighted by atomic mass is 16.4. The number of benzene rings is 1. The Labute approximate surface area is 176 Å². The number of nitrogens with one attached hydrogen (secondary N) is 1. The fraction of sp³-hybridized carbons (Fsp3) is 0.545. The van der Waals surface area contributed by atoms with Gasteiger partial charge in [0.2, 0.25) is 5.91 Å². The second-order valence-electron chi connectivity index (χ2n) is 8.27. The summed E-state index contributed by atoms with van der Waals surface area (Å²) in [5.74, 6) is 4.35. The van der Waals surface area contributed by atoms with E-state index in [0.717, 1.165) is 31.4 Å². The number of hydrazone groups is 1. The zero-order valence-corrected chi connectivity index (χ0v) is 17.2. The van der Waals surface area contributed by atoms with E-state index in [9.17, 15) is 14.4 Å². The summed E-state index contributed by atoms with van der Waals surface area (Å²) in [6.45, 7) is 2.75. The van der Waals surface area contributed by atoms with E-state index in [1.807, 2.05) is 29.2 Å². The number of likely N-dealkylation sites (tertiary alicyclic amines) is 1. The molecule has 8 heteroatoms. The van der Waals surface area contributed by atoms with Crippen molar-refractivity contribution in [3.8, 4) is 0 Å². The Hall–Kier alpha value is -2.74. The molecule has 1 atom stereocenters. The molecule has 1 unspecified atom stereocenters. The third kappa shape index (κ3) is 5.05. The maximum absolute atomic E-state index is 13.4. The van der Waals surface area contributed by atoms with E-state index in [1.165, 1.54) is 6.21 Å². The first-order chi connectivity index (χ1) is 14.4. The van der Waals surface area contributed by atoms with E-state index in [0.29, 0.717) is 31.6 Å². The summed E-state index contributed by atoms with van der Waals surface area (Å²) in [5, 5.41) is 15.7. The van der Waals surface area contributed by atoms with Crippen LogP contribution in [0.2, 0.25) is 0 Å². The first kappa shape index (κ1) is 22.0. The van der Waals surface area contributed by atoms with Gasteiger partial charge in [0.25, 0.3) is 0 Å². The Morgan fingerprint density at radius 3 is 2.70 bits per heavy atom. The molecule has 162 valence electrons. The van der Waals surface area contributed by atoms with Crippen LogP contribution in [0.3, 0.4) is 0 Å². The lowest BCUT2D eigenvalue weighted by molar-refractivity contribution is -0.137. The van der Waals surface area contributed by atoms with Crippen molar-refractivity contribution in [1.29, 1.82) is 0 Å². The van der Waals surface area contributed by atoms with Gasteiger partial charge in [0.1, 0.15) is 0 Å². The van der Waals surface area contributed by atoms with Gasteiger partial charge in [-0.1, -0.05) is 18.2 Å². The van der Waals surface area contributed by atoms with Crippen LogP contribution < -0.4 is 11.2 Å². The first-order valence-corrected chi connectivity index (χ1v) is 10.5. The smallest absolute Gasteiger partial charge is 0.303 e. The molecule has 2 saturated heterocycles. The number of ketones is 1. The number of carboxylic acid groups (broad SMARTS) is 1. The van der Waals surface area contributed by atoms with Crippen LogP contribution in [0.5, 0.6) is 0 Å². The molecular formula is C22H30N4O4. The van der Waals surface area contributed by atoms with Crippen LogP contribution in [0.15, 0.2) is 29.4 Å². The fourth-order valence-corrected chi connectivity index (χ4v) is 4.75. The number of amides is 1. The lowest BCUT2D eigenvalue weighted by Gasteiger charge is -2.49. The standard InChI is InChI=1S/C22H30N4O4/c23-25-14-16-3-1-4-17(13-16)21(30)18-15-24-10-7-22(18)8-11-26(12-9-22)19(27)5-2-6-20(28)29/h1,3-4,13-14,18,24H,2,5-12,15,23H2,(H,28,29)/b25-14+. The van der Waals surface area contributed by atoms with Crippen LogP contribution in [0, 0.1) is 11.3 Å². The van der Waals surface area contributed by atoms with Gasteiger partial charge >= 0.3 is 5.97 Å². The number of nitrogens with two attached hydrogens (primary N) is 1. The minimum absolute atomic E-state index is 0.0108. The van der Waals surface area contributed by atoms with Crippen LogP contribution >= 0.6 is 0 Å². The quantitative estimate of drug-likeness (QED) is 0.270. The Balaban J connectivity index is 1.67. The lowest BCUT2D eigenvalue weighted by Crippen LogP contribution is -2.54. The molecule has 0 saturated carbocycles. The van der Waals surface area contributed by atoms with Crippen LogP contribution in [0.1, 0.15) is 54.4 Å². The van der Waals surface area contributed by atoms with Crippen molar-refractivity contribution in [2.45, 2.75) is 38.5 Å². The number of carbonyl (C=O) groups is 3. The Kier molecular flexibility index (Phi) is 7.20. The van der Waals surface area contributed by atoms with Gasteiger partial charge in [0.05, 0.1) is 6.21 Å². The third-order valence-corrected chi connectivity index (χ3v) is 6.49. The molecule has 0 aromatic heterocycles. The molecule has 1 aromatic rings. The highest BCUT2D eigenvalue weighted by Gasteiger charge is 2.46. The van der Waals surface area contributed by atoms with Crippen molar-refractivity contribution in [1.82, 2.24) is 10.2 Å². The molecule has 0 aliphatic carbocycles.